The molecule has 0 radical (unpaired) electrons. The fraction of sp³-hybridized carbons (Fsp3) is 0. The Morgan fingerprint density at radius 1 is 0.486 bits per heavy atom. The van der Waals surface area contributed by atoms with Crippen molar-refractivity contribution in [3.63, 3.8) is 0 Å². The van der Waals surface area contributed by atoms with Gasteiger partial charge in [-0.3, -0.25) is 28.2 Å². The predicted octanol–water partition coefficient (Wildman–Crippen LogP) is 6.90. The number of halogens is 6. The minimum Gasteiger partial charge on any atom is -0.451 e. The van der Waals surface area contributed by atoms with E-state index in [2.05, 4.69) is 60.5 Å². The predicted molar refractivity (Wildman–Crippen MR) is 253 cm³/mol. The summed E-state index contributed by atoms with van der Waals surface area (Å²) in [6.07, 6.45) is 0. The number of hydrogen-bond donors (Lipinski definition) is 8. The molecule has 2 aromatic heterocycles. The van der Waals surface area contributed by atoms with E-state index in [0.29, 0.717) is 0 Å². The van der Waals surface area contributed by atoms with Crippen LogP contribution in [0.3, 0.4) is 0 Å². The minimum absolute atomic E-state index is 0.183. The number of aromatic amines is 2. The second kappa shape index (κ2) is 18.4. The molecule has 2 aliphatic heterocycles. The molecule has 72 heavy (non-hydrogen) atoms. The van der Waals surface area contributed by atoms with Crippen LogP contribution in [0, 0.1) is 0 Å². The highest BCUT2D eigenvalue weighted by Crippen LogP contribution is 2.47. The summed E-state index contributed by atoms with van der Waals surface area (Å²) in [5.74, 6) is -1.05. The summed E-state index contributed by atoms with van der Waals surface area (Å²) in [5.41, 5.74) is -3.12. The van der Waals surface area contributed by atoms with Gasteiger partial charge < -0.3 is 20.1 Å². The van der Waals surface area contributed by atoms with E-state index in [1.165, 1.54) is 12.1 Å². The first-order chi connectivity index (χ1) is 33.6. The van der Waals surface area contributed by atoms with Gasteiger partial charge in [0.1, 0.15) is 51.7 Å². The Bertz CT molecular complexity index is 4020. The number of nitrogens with one attached hydrogen (secondary N) is 4. The first-order valence-electron chi connectivity index (χ1n) is 18.7. The maximum atomic E-state index is 12.8. The van der Waals surface area contributed by atoms with Gasteiger partial charge >= 0.3 is 0 Å². The Morgan fingerprint density at radius 3 is 1.18 bits per heavy atom. The maximum Gasteiger partial charge on any atom is 0.296 e. The van der Waals surface area contributed by atoms with Gasteiger partial charge in [-0.1, -0.05) is 23.2 Å². The van der Waals surface area contributed by atoms with Crippen molar-refractivity contribution in [2.75, 3.05) is 10.6 Å². The Balaban J connectivity index is 1.09. The van der Waals surface area contributed by atoms with Gasteiger partial charge in [0, 0.05) is 23.5 Å². The molecule has 36 heteroatoms. The number of benzene rings is 5. The molecule has 372 valence electrons. The van der Waals surface area contributed by atoms with Crippen LogP contribution in [0.25, 0.3) is 0 Å². The summed E-state index contributed by atoms with van der Waals surface area (Å²) in [6, 6.07) is 10.2. The highest BCUT2D eigenvalue weighted by molar-refractivity contribution is 7.86. The van der Waals surface area contributed by atoms with Crippen molar-refractivity contribution >= 4 is 156 Å². The number of ether oxygens (including phenoxy) is 2. The third kappa shape index (κ3) is 10.4. The van der Waals surface area contributed by atoms with Crippen LogP contribution in [-0.4, -0.2) is 81.8 Å². The summed E-state index contributed by atoms with van der Waals surface area (Å²) < 4.78 is 154. The molecule has 0 atom stereocenters. The van der Waals surface area contributed by atoms with Gasteiger partial charge in [-0.05, 0) is 94.9 Å². The molecule has 2 aliphatic rings. The van der Waals surface area contributed by atoms with Crippen LogP contribution in [0.2, 0.25) is 31.2 Å². The molecule has 0 amide bonds. The van der Waals surface area contributed by atoms with Crippen LogP contribution in [0.1, 0.15) is 0 Å². The Morgan fingerprint density at radius 2 is 0.847 bits per heavy atom. The van der Waals surface area contributed by atoms with Crippen molar-refractivity contribution in [1.29, 1.82) is 0 Å². The van der Waals surface area contributed by atoms with Gasteiger partial charge in [0.25, 0.3) is 40.5 Å². The fourth-order valence-corrected chi connectivity index (χ4v) is 10.5. The molecule has 7 aromatic rings. The van der Waals surface area contributed by atoms with E-state index in [1.807, 2.05) is 0 Å². The maximum absolute atomic E-state index is 12.8. The van der Waals surface area contributed by atoms with Crippen LogP contribution >= 0.6 is 69.6 Å². The summed E-state index contributed by atoms with van der Waals surface area (Å²) >= 11 is 36.9. The summed E-state index contributed by atoms with van der Waals surface area (Å²) in [5, 5.41) is 2.86. The average molecular weight is 1180 g/mol. The van der Waals surface area contributed by atoms with Crippen molar-refractivity contribution in [1.82, 2.24) is 29.9 Å². The van der Waals surface area contributed by atoms with Gasteiger partial charge in [-0.25, -0.2) is 20.0 Å². The van der Waals surface area contributed by atoms with Crippen molar-refractivity contribution in [2.24, 2.45) is 20.0 Å². The summed E-state index contributed by atoms with van der Waals surface area (Å²) in [7, 11) is -20.4. The SMILES string of the molecule is O=S(=O)(O)c1cc(Nc2cc3c(cc2S(=O)(=O)O)N=c2c(Cl)c4c(c(Cl)c2O3)=Nc2cc(S(=O)(=O)O)c(Nc3ccc(N=c5nc(Cl)nc(Cl)[nH]5)c(S(=O)(=O)O)c3)cc2O4)ccc1N=c1nc(Cl)nc(Cl)[nH]1. The van der Waals surface area contributed by atoms with Gasteiger partial charge in [-0.15, -0.1) is 0 Å². The van der Waals surface area contributed by atoms with E-state index < -0.39 is 71.4 Å². The molecule has 8 N–H and O–H groups in total. The zero-order valence-corrected chi connectivity index (χ0v) is 41.9. The number of aromatic nitrogens is 6. The Hall–Kier alpha value is -6.10. The largest absolute Gasteiger partial charge is 0.451 e. The zero-order chi connectivity index (χ0) is 52.0. The van der Waals surface area contributed by atoms with Crippen LogP contribution in [0.15, 0.2) is 100 Å². The molecule has 0 bridgehead atoms. The third-order valence-electron chi connectivity index (χ3n) is 9.50. The van der Waals surface area contributed by atoms with Crippen molar-refractivity contribution in [2.45, 2.75) is 19.6 Å². The molecular weight excluding hydrogens is 1170 g/mol. The van der Waals surface area contributed by atoms with Gasteiger partial charge in [0.15, 0.2) is 23.0 Å². The molecule has 5 aromatic carbocycles. The van der Waals surface area contributed by atoms with Crippen LogP contribution in [0.4, 0.5) is 45.5 Å². The lowest BCUT2D eigenvalue weighted by molar-refractivity contribution is 0.450. The number of fused-ring (bicyclic) bond motifs is 4. The molecular formula is C36H18Cl6N12O14S4. The minimum atomic E-state index is -5.13. The second-order valence-corrected chi connectivity index (χ2v) is 22.0. The number of H-pyrrole nitrogens is 2. The van der Waals surface area contributed by atoms with Gasteiger partial charge in [0.2, 0.25) is 32.4 Å². The third-order valence-corrected chi connectivity index (χ3v) is 14.5. The van der Waals surface area contributed by atoms with E-state index in [-0.39, 0.29) is 110 Å². The molecule has 0 saturated carbocycles. The highest BCUT2D eigenvalue weighted by atomic mass is 35.5. The zero-order valence-electron chi connectivity index (χ0n) is 34.1. The Labute approximate surface area is 430 Å². The molecule has 0 aliphatic carbocycles. The van der Waals surface area contributed by atoms with E-state index in [9.17, 15) is 51.9 Å². The second-order valence-electron chi connectivity index (χ2n) is 14.2. The molecule has 26 nitrogen and oxygen atoms in total. The first-order valence-corrected chi connectivity index (χ1v) is 26.7. The fourth-order valence-electron chi connectivity index (χ4n) is 6.64. The monoisotopic (exact) mass is 1180 g/mol. The molecule has 9 rings (SSSR count). The average Bonchev–Trinajstić information content (AvgIpc) is 3.26. The first kappa shape index (κ1) is 50.8. The smallest absolute Gasteiger partial charge is 0.296 e. The van der Waals surface area contributed by atoms with Crippen molar-refractivity contribution in [3.8, 4) is 23.0 Å². The Kier molecular flexibility index (Phi) is 13.0. The van der Waals surface area contributed by atoms with E-state index >= 15 is 0 Å². The van der Waals surface area contributed by atoms with Crippen molar-refractivity contribution in [3.05, 3.63) is 114 Å². The summed E-state index contributed by atoms with van der Waals surface area (Å²) in [4.78, 5) is 33.2. The lowest BCUT2D eigenvalue weighted by Gasteiger charge is -2.23. The van der Waals surface area contributed by atoms with E-state index in [0.717, 1.165) is 48.5 Å². The lowest BCUT2D eigenvalue weighted by Crippen LogP contribution is -2.22. The van der Waals surface area contributed by atoms with Crippen LogP contribution in [0.5, 0.6) is 23.0 Å². The normalized spacial score (nSPS) is 13.6. The molecule has 0 unspecified atom stereocenters. The standard InChI is InChI=1S/C36H18Cl6N12O14S4/c37-25-28-30(68-20-8-18(24(72(64,65)66)10-16(20)46-28)44-12-2-4-14(22(6-12)70(58,59)60)48-36-53-33(41)50-34(42)54-36)26(38)27-29(25)67-19-7-17(23(71(61,62)63)9-15(19)45-27)43-11-1-3-13(21(5-11)69(55,56)57)47-35-51-31(39)49-32(40)52-35/h1-10,43-44H,(H,55,56,57)(H,58,59,60)(H,61,62,63)(H,64,65,66)(H,47,49,51,52)(H,48,50,53,54). The number of nitrogens with zero attached hydrogens (tertiary/aromatic N) is 8. The number of anilines is 4. The van der Waals surface area contributed by atoms with Gasteiger partial charge in [-0.2, -0.15) is 53.6 Å². The van der Waals surface area contributed by atoms with Gasteiger partial charge in [0.05, 0.1) is 22.7 Å². The lowest BCUT2D eigenvalue weighted by atomic mass is 10.1. The van der Waals surface area contributed by atoms with E-state index in [1.54, 1.807) is 0 Å². The van der Waals surface area contributed by atoms with Crippen LogP contribution < -0.4 is 42.1 Å². The van der Waals surface area contributed by atoms with Crippen molar-refractivity contribution < 1.29 is 61.4 Å². The topological polar surface area (TPSA) is 393 Å². The molecule has 0 fully saturated rings. The highest BCUT2D eigenvalue weighted by Gasteiger charge is 2.31. The molecule has 0 saturated heterocycles. The molecule has 4 heterocycles. The number of hydrogen-bond acceptors (Lipinski definition) is 20. The van der Waals surface area contributed by atoms with Crippen LogP contribution in [-0.2, 0) is 40.5 Å². The quantitative estimate of drug-likeness (QED) is 0.0645. The molecule has 0 spiro atoms. The number of rotatable bonds is 10. The summed E-state index contributed by atoms with van der Waals surface area (Å²) in [6.45, 7) is 0. The van der Waals surface area contributed by atoms with E-state index in [4.69, 9.17) is 79.1 Å².